The Morgan fingerprint density at radius 2 is 2.03 bits per heavy atom. The molecule has 1 unspecified atom stereocenters. The van der Waals surface area contributed by atoms with E-state index >= 15 is 0 Å². The third-order valence-electron chi connectivity index (χ3n) is 5.33. The lowest BCUT2D eigenvalue weighted by Crippen LogP contribution is -2.34. The molecule has 5 nitrogen and oxygen atoms in total. The molecule has 1 aliphatic heterocycles. The molecule has 0 amide bonds. The van der Waals surface area contributed by atoms with Crippen LogP contribution >= 0.6 is 0 Å². The number of piperidine rings is 1. The van der Waals surface area contributed by atoms with Gasteiger partial charge in [0.25, 0.3) is 0 Å². The summed E-state index contributed by atoms with van der Waals surface area (Å²) < 4.78 is 13.5. The van der Waals surface area contributed by atoms with Gasteiger partial charge < -0.3 is 4.90 Å². The number of anilines is 1. The normalized spacial score (nSPS) is 17.3. The third-order valence-corrected chi connectivity index (χ3v) is 5.33. The Bertz CT molecular complexity index is 960. The van der Waals surface area contributed by atoms with Crippen LogP contribution in [0, 0.1) is 5.82 Å². The Labute approximate surface area is 171 Å². The second-order valence-electron chi connectivity index (χ2n) is 7.81. The Kier molecular flexibility index (Phi) is 5.81. The van der Waals surface area contributed by atoms with E-state index in [0.29, 0.717) is 11.7 Å². The van der Waals surface area contributed by atoms with Gasteiger partial charge in [0.15, 0.2) is 5.82 Å². The lowest BCUT2D eigenvalue weighted by atomic mass is 9.94. The highest BCUT2D eigenvalue weighted by molar-refractivity contribution is 5.56. The fraction of sp³-hybridized carbons (Fsp3) is 0.348. The van der Waals surface area contributed by atoms with Crippen molar-refractivity contribution in [2.75, 3.05) is 32.1 Å². The first-order valence-corrected chi connectivity index (χ1v) is 10.0. The van der Waals surface area contributed by atoms with Crippen molar-refractivity contribution in [3.05, 3.63) is 71.9 Å². The summed E-state index contributed by atoms with van der Waals surface area (Å²) in [6.07, 6.45) is 5.75. The number of aromatic nitrogens is 3. The van der Waals surface area contributed by atoms with Gasteiger partial charge in [0.2, 0.25) is 0 Å². The van der Waals surface area contributed by atoms with Crippen molar-refractivity contribution in [3.8, 4) is 11.4 Å². The second kappa shape index (κ2) is 8.66. The van der Waals surface area contributed by atoms with Crippen molar-refractivity contribution >= 4 is 5.82 Å². The third kappa shape index (κ3) is 4.77. The van der Waals surface area contributed by atoms with Crippen LogP contribution in [0.2, 0.25) is 0 Å². The SMILES string of the molecule is CN(C)c1cc(C2CCCN(Cc3cccc(F)c3)C2)nc(-c2cccnc2)n1. The Morgan fingerprint density at radius 1 is 1.14 bits per heavy atom. The van der Waals surface area contributed by atoms with Gasteiger partial charge in [0, 0.05) is 57.1 Å². The van der Waals surface area contributed by atoms with E-state index in [1.807, 2.05) is 37.2 Å². The van der Waals surface area contributed by atoms with E-state index in [9.17, 15) is 4.39 Å². The van der Waals surface area contributed by atoms with Crippen LogP contribution in [0.15, 0.2) is 54.9 Å². The van der Waals surface area contributed by atoms with Gasteiger partial charge in [-0.15, -0.1) is 0 Å². The number of benzene rings is 1. The molecule has 2 aromatic heterocycles. The maximum atomic E-state index is 13.5. The summed E-state index contributed by atoms with van der Waals surface area (Å²) in [7, 11) is 3.99. The van der Waals surface area contributed by atoms with Crippen LogP contribution < -0.4 is 4.90 Å². The highest BCUT2D eigenvalue weighted by Crippen LogP contribution is 2.30. The molecule has 29 heavy (non-hydrogen) atoms. The van der Waals surface area contributed by atoms with Gasteiger partial charge in [-0.05, 0) is 49.2 Å². The molecule has 0 spiro atoms. The molecule has 1 aromatic carbocycles. The van der Waals surface area contributed by atoms with Gasteiger partial charge in [0.1, 0.15) is 11.6 Å². The minimum Gasteiger partial charge on any atom is -0.363 e. The first-order valence-electron chi connectivity index (χ1n) is 10.0. The van der Waals surface area contributed by atoms with Gasteiger partial charge in [-0.1, -0.05) is 12.1 Å². The van der Waals surface area contributed by atoms with E-state index in [0.717, 1.165) is 55.1 Å². The first kappa shape index (κ1) is 19.5. The largest absolute Gasteiger partial charge is 0.363 e. The zero-order chi connectivity index (χ0) is 20.2. The lowest BCUT2D eigenvalue weighted by molar-refractivity contribution is 0.198. The predicted molar refractivity (Wildman–Crippen MR) is 113 cm³/mol. The smallest absolute Gasteiger partial charge is 0.163 e. The summed E-state index contributed by atoms with van der Waals surface area (Å²) in [5, 5.41) is 0. The minimum atomic E-state index is -0.177. The summed E-state index contributed by atoms with van der Waals surface area (Å²) in [5.41, 5.74) is 3.00. The van der Waals surface area contributed by atoms with Crippen molar-refractivity contribution in [1.29, 1.82) is 0 Å². The molecule has 0 bridgehead atoms. The van der Waals surface area contributed by atoms with E-state index < -0.39 is 0 Å². The molecule has 0 radical (unpaired) electrons. The molecular formula is C23H26FN5. The molecule has 4 rings (SSSR count). The molecule has 0 N–H and O–H groups in total. The van der Waals surface area contributed by atoms with Crippen LogP contribution in [-0.2, 0) is 6.54 Å². The molecule has 6 heteroatoms. The first-order chi connectivity index (χ1) is 14.1. The van der Waals surface area contributed by atoms with Crippen molar-refractivity contribution < 1.29 is 4.39 Å². The van der Waals surface area contributed by atoms with E-state index in [1.165, 1.54) is 6.07 Å². The quantitative estimate of drug-likeness (QED) is 0.655. The Balaban J connectivity index is 1.58. The highest BCUT2D eigenvalue weighted by atomic mass is 19.1. The fourth-order valence-corrected chi connectivity index (χ4v) is 3.85. The van der Waals surface area contributed by atoms with Crippen LogP contribution in [0.1, 0.15) is 30.0 Å². The number of likely N-dealkylation sites (tertiary alicyclic amines) is 1. The summed E-state index contributed by atoms with van der Waals surface area (Å²) in [6, 6.07) is 12.9. The zero-order valence-corrected chi connectivity index (χ0v) is 16.9. The molecule has 0 saturated carbocycles. The molecular weight excluding hydrogens is 365 g/mol. The molecule has 0 aliphatic carbocycles. The molecule has 3 aromatic rings. The second-order valence-corrected chi connectivity index (χ2v) is 7.81. The summed E-state index contributed by atoms with van der Waals surface area (Å²) in [6.45, 7) is 2.69. The number of rotatable bonds is 5. The van der Waals surface area contributed by atoms with Gasteiger partial charge in [-0.25, -0.2) is 14.4 Å². The molecule has 1 atom stereocenters. The molecule has 1 fully saturated rings. The van der Waals surface area contributed by atoms with E-state index in [4.69, 9.17) is 9.97 Å². The van der Waals surface area contributed by atoms with Crippen LogP contribution in [0.4, 0.5) is 10.2 Å². The number of nitrogens with zero attached hydrogens (tertiary/aromatic N) is 5. The summed E-state index contributed by atoms with van der Waals surface area (Å²) in [5.74, 6) is 1.76. The van der Waals surface area contributed by atoms with E-state index in [-0.39, 0.29) is 5.82 Å². The highest BCUT2D eigenvalue weighted by Gasteiger charge is 2.24. The number of halogens is 1. The average Bonchev–Trinajstić information content (AvgIpc) is 2.74. The van der Waals surface area contributed by atoms with Crippen molar-refractivity contribution in [3.63, 3.8) is 0 Å². The maximum absolute atomic E-state index is 13.5. The standard InChI is InChI=1S/C23H26FN5/c1-28(2)22-13-21(26-23(27-22)18-7-4-10-25-14-18)19-8-5-11-29(16-19)15-17-6-3-9-20(24)12-17/h3-4,6-7,9-10,12-14,19H,5,8,11,15-16H2,1-2H3. The number of hydrogen-bond donors (Lipinski definition) is 0. The summed E-state index contributed by atoms with van der Waals surface area (Å²) >= 11 is 0. The predicted octanol–water partition coefficient (Wildman–Crippen LogP) is 4.12. The number of hydrogen-bond acceptors (Lipinski definition) is 5. The van der Waals surface area contributed by atoms with Gasteiger partial charge >= 0.3 is 0 Å². The Morgan fingerprint density at radius 3 is 2.79 bits per heavy atom. The van der Waals surface area contributed by atoms with Crippen LogP contribution in [0.3, 0.4) is 0 Å². The maximum Gasteiger partial charge on any atom is 0.163 e. The van der Waals surface area contributed by atoms with E-state index in [2.05, 4.69) is 16.0 Å². The minimum absolute atomic E-state index is 0.177. The van der Waals surface area contributed by atoms with Crippen LogP contribution in [0.5, 0.6) is 0 Å². The van der Waals surface area contributed by atoms with Crippen molar-refractivity contribution in [1.82, 2.24) is 19.9 Å². The lowest BCUT2D eigenvalue weighted by Gasteiger charge is -2.33. The van der Waals surface area contributed by atoms with Crippen molar-refractivity contribution in [2.45, 2.75) is 25.3 Å². The summed E-state index contributed by atoms with van der Waals surface area (Å²) in [4.78, 5) is 18.2. The van der Waals surface area contributed by atoms with Crippen LogP contribution in [0.25, 0.3) is 11.4 Å². The molecule has 1 saturated heterocycles. The molecule has 1 aliphatic rings. The zero-order valence-electron chi connectivity index (χ0n) is 16.9. The van der Waals surface area contributed by atoms with Crippen LogP contribution in [-0.4, -0.2) is 47.0 Å². The number of pyridine rings is 1. The monoisotopic (exact) mass is 391 g/mol. The van der Waals surface area contributed by atoms with Gasteiger partial charge in [-0.2, -0.15) is 0 Å². The topological polar surface area (TPSA) is 45.2 Å². The molecule has 3 heterocycles. The average molecular weight is 391 g/mol. The van der Waals surface area contributed by atoms with E-state index in [1.54, 1.807) is 24.5 Å². The fourth-order valence-electron chi connectivity index (χ4n) is 3.85. The van der Waals surface area contributed by atoms with Gasteiger partial charge in [-0.3, -0.25) is 9.88 Å². The Hall–Kier alpha value is -2.86. The van der Waals surface area contributed by atoms with Crippen molar-refractivity contribution in [2.24, 2.45) is 0 Å². The molecule has 150 valence electrons. The van der Waals surface area contributed by atoms with Gasteiger partial charge in [0.05, 0.1) is 5.69 Å².